The van der Waals surface area contributed by atoms with Gasteiger partial charge in [-0.3, -0.25) is 14.9 Å². The lowest BCUT2D eigenvalue weighted by molar-refractivity contribution is -0.115. The Morgan fingerprint density at radius 2 is 1.97 bits per heavy atom. The largest absolute Gasteiger partial charge is 0.497 e. The van der Waals surface area contributed by atoms with Crippen molar-refractivity contribution in [3.63, 3.8) is 0 Å². The Morgan fingerprint density at radius 3 is 2.72 bits per heavy atom. The predicted octanol–water partition coefficient (Wildman–Crippen LogP) is 2.39. The first-order valence-corrected chi connectivity index (χ1v) is 10.1. The minimum absolute atomic E-state index is 0.0604. The van der Waals surface area contributed by atoms with Crippen LogP contribution in [0.25, 0.3) is 6.08 Å². The van der Waals surface area contributed by atoms with E-state index in [2.05, 4.69) is 5.32 Å². The van der Waals surface area contributed by atoms with Gasteiger partial charge in [-0.1, -0.05) is 18.2 Å². The van der Waals surface area contributed by atoms with Crippen LogP contribution in [0.4, 0.5) is 0 Å². The lowest BCUT2D eigenvalue weighted by Crippen LogP contribution is -2.52. The maximum Gasteiger partial charge on any atom is 0.250 e. The zero-order valence-corrected chi connectivity index (χ0v) is 17.0. The summed E-state index contributed by atoms with van der Waals surface area (Å²) in [5, 5.41) is 3.25. The SMILES string of the molecule is COc1ccc(/C=C/C(=O)NC(=S)N2C[C@H]3C[C@H](C2)c2cccc(=O)n2C3)cc1. The fourth-order valence-corrected chi connectivity index (χ4v) is 4.43. The van der Waals surface area contributed by atoms with Crippen LogP contribution in [0.3, 0.4) is 0 Å². The van der Waals surface area contributed by atoms with Crippen molar-refractivity contribution < 1.29 is 9.53 Å². The van der Waals surface area contributed by atoms with E-state index in [0.717, 1.165) is 30.0 Å². The van der Waals surface area contributed by atoms with Gasteiger partial charge in [0.25, 0.3) is 5.56 Å². The summed E-state index contributed by atoms with van der Waals surface area (Å²) in [6, 6.07) is 12.9. The average Bonchev–Trinajstić information content (AvgIpc) is 2.73. The van der Waals surface area contributed by atoms with E-state index in [1.807, 2.05) is 45.9 Å². The maximum atomic E-state index is 12.3. The number of pyridine rings is 1. The number of nitrogens with zero attached hydrogens (tertiary/aromatic N) is 2. The molecule has 0 unspecified atom stereocenters. The number of hydrogen-bond acceptors (Lipinski definition) is 4. The number of nitrogens with one attached hydrogen (secondary N) is 1. The number of hydrogen-bond donors (Lipinski definition) is 1. The van der Waals surface area contributed by atoms with Gasteiger partial charge in [0.15, 0.2) is 5.11 Å². The number of carbonyl (C=O) groups excluding carboxylic acids is 1. The number of amides is 1. The molecule has 29 heavy (non-hydrogen) atoms. The summed E-state index contributed by atoms with van der Waals surface area (Å²) in [6.07, 6.45) is 4.27. The molecule has 6 nitrogen and oxygen atoms in total. The van der Waals surface area contributed by atoms with Crippen molar-refractivity contribution >= 4 is 29.3 Å². The van der Waals surface area contributed by atoms with Crippen LogP contribution in [-0.4, -0.2) is 40.7 Å². The Morgan fingerprint density at radius 1 is 1.17 bits per heavy atom. The number of likely N-dealkylation sites (tertiary alicyclic amines) is 1. The molecule has 0 radical (unpaired) electrons. The van der Waals surface area contributed by atoms with E-state index in [1.54, 1.807) is 19.3 Å². The normalized spacial score (nSPS) is 20.2. The van der Waals surface area contributed by atoms with Crippen molar-refractivity contribution in [1.29, 1.82) is 0 Å². The molecule has 2 aliphatic heterocycles. The molecule has 4 rings (SSSR count). The highest BCUT2D eigenvalue weighted by Gasteiger charge is 2.35. The van der Waals surface area contributed by atoms with Gasteiger partial charge in [-0.15, -0.1) is 0 Å². The summed E-state index contributed by atoms with van der Waals surface area (Å²) < 4.78 is 7.01. The molecule has 150 valence electrons. The number of thiocarbonyl (C=S) groups is 1. The summed E-state index contributed by atoms with van der Waals surface area (Å²) in [7, 11) is 1.62. The number of piperidine rings is 1. The molecule has 7 heteroatoms. The zero-order valence-electron chi connectivity index (χ0n) is 16.2. The highest BCUT2D eigenvalue weighted by Crippen LogP contribution is 2.34. The van der Waals surface area contributed by atoms with Gasteiger partial charge in [0, 0.05) is 43.4 Å². The smallest absolute Gasteiger partial charge is 0.250 e. The number of fused-ring (bicyclic) bond motifs is 4. The maximum absolute atomic E-state index is 12.3. The van der Waals surface area contributed by atoms with Crippen molar-refractivity contribution in [2.75, 3.05) is 20.2 Å². The number of ether oxygens (including phenoxy) is 1. The summed E-state index contributed by atoms with van der Waals surface area (Å²) in [5.74, 6) is 1.12. The van der Waals surface area contributed by atoms with Crippen LogP contribution in [0.1, 0.15) is 23.6 Å². The minimum atomic E-state index is -0.252. The molecule has 0 aliphatic carbocycles. The van der Waals surface area contributed by atoms with Crippen molar-refractivity contribution in [2.45, 2.75) is 18.9 Å². The first-order valence-electron chi connectivity index (χ1n) is 9.65. The highest BCUT2D eigenvalue weighted by molar-refractivity contribution is 7.80. The van der Waals surface area contributed by atoms with E-state index in [-0.39, 0.29) is 17.4 Å². The van der Waals surface area contributed by atoms with Gasteiger partial charge in [0.2, 0.25) is 5.91 Å². The standard InChI is InChI=1S/C22H23N3O3S/c1-28-18-8-5-15(6-9-18)7-10-20(26)23-22(29)24-12-16-11-17(14-24)19-3-2-4-21(27)25(19)13-16/h2-10,16-17H,11-14H2,1H3,(H,23,26,29)/b10-7+/t16-,17-/m1/s1. The third kappa shape index (κ3) is 4.24. The molecule has 2 aliphatic rings. The monoisotopic (exact) mass is 409 g/mol. The Bertz CT molecular complexity index is 1010. The second-order valence-electron chi connectivity index (χ2n) is 7.50. The molecule has 0 saturated carbocycles. The summed E-state index contributed by atoms with van der Waals surface area (Å²) in [4.78, 5) is 26.5. The van der Waals surface area contributed by atoms with Gasteiger partial charge >= 0.3 is 0 Å². The van der Waals surface area contributed by atoms with Gasteiger partial charge in [-0.2, -0.15) is 0 Å². The average molecular weight is 410 g/mol. The predicted molar refractivity (Wildman–Crippen MR) is 116 cm³/mol. The minimum Gasteiger partial charge on any atom is -0.497 e. The fourth-order valence-electron chi connectivity index (χ4n) is 4.18. The fraction of sp³-hybridized carbons (Fsp3) is 0.318. The van der Waals surface area contributed by atoms with Crippen molar-refractivity contribution in [3.8, 4) is 5.75 Å². The molecule has 1 aromatic heterocycles. The third-order valence-electron chi connectivity index (χ3n) is 5.54. The molecule has 1 fully saturated rings. The van der Waals surface area contributed by atoms with Crippen LogP contribution in [0, 0.1) is 5.92 Å². The van der Waals surface area contributed by atoms with Crippen LogP contribution in [0.15, 0.2) is 53.3 Å². The van der Waals surface area contributed by atoms with E-state index >= 15 is 0 Å². The van der Waals surface area contributed by atoms with Gasteiger partial charge in [-0.25, -0.2) is 0 Å². The van der Waals surface area contributed by atoms with E-state index in [0.29, 0.717) is 24.1 Å². The Kier molecular flexibility index (Phi) is 5.49. The van der Waals surface area contributed by atoms with Crippen molar-refractivity contribution in [2.24, 2.45) is 5.92 Å². The van der Waals surface area contributed by atoms with Crippen molar-refractivity contribution in [3.05, 3.63) is 70.2 Å². The number of aromatic nitrogens is 1. The summed E-state index contributed by atoms with van der Waals surface area (Å²) in [5.41, 5.74) is 2.03. The Labute approximate surface area is 174 Å². The third-order valence-corrected chi connectivity index (χ3v) is 5.90. The van der Waals surface area contributed by atoms with Crippen LogP contribution in [0.5, 0.6) is 5.75 Å². The molecule has 1 N–H and O–H groups in total. The molecule has 0 spiro atoms. The van der Waals surface area contributed by atoms with Gasteiger partial charge in [0.1, 0.15) is 5.75 Å². The number of benzene rings is 1. The topological polar surface area (TPSA) is 63.6 Å². The van der Waals surface area contributed by atoms with Gasteiger partial charge in [-0.05, 0) is 54.4 Å². The molecule has 2 aromatic rings. The summed E-state index contributed by atoms with van der Waals surface area (Å²) in [6.45, 7) is 2.16. The van der Waals surface area contributed by atoms with E-state index in [9.17, 15) is 9.59 Å². The second kappa shape index (κ2) is 8.21. The zero-order chi connectivity index (χ0) is 20.4. The van der Waals surface area contributed by atoms with Crippen LogP contribution in [0.2, 0.25) is 0 Å². The van der Waals surface area contributed by atoms with Gasteiger partial charge < -0.3 is 14.2 Å². The molecule has 3 heterocycles. The van der Waals surface area contributed by atoms with E-state index < -0.39 is 0 Å². The number of rotatable bonds is 3. The van der Waals surface area contributed by atoms with Crippen LogP contribution in [-0.2, 0) is 11.3 Å². The molecular weight excluding hydrogens is 386 g/mol. The van der Waals surface area contributed by atoms with Crippen LogP contribution >= 0.6 is 12.2 Å². The highest BCUT2D eigenvalue weighted by atomic mass is 32.1. The Balaban J connectivity index is 1.38. The first kappa shape index (κ1) is 19.4. The number of methoxy groups -OCH3 is 1. The molecule has 1 saturated heterocycles. The summed E-state index contributed by atoms with van der Waals surface area (Å²) >= 11 is 5.49. The number of carbonyl (C=O) groups is 1. The molecule has 1 amide bonds. The quantitative estimate of drug-likeness (QED) is 0.623. The van der Waals surface area contributed by atoms with E-state index in [4.69, 9.17) is 17.0 Å². The van der Waals surface area contributed by atoms with Gasteiger partial charge in [0.05, 0.1) is 7.11 Å². The lowest BCUT2D eigenvalue weighted by Gasteiger charge is -2.43. The Hall–Kier alpha value is -2.93. The second-order valence-corrected chi connectivity index (χ2v) is 7.89. The van der Waals surface area contributed by atoms with Crippen LogP contribution < -0.4 is 15.6 Å². The first-order chi connectivity index (χ1) is 14.0. The molecule has 2 bridgehead atoms. The molecule has 1 aromatic carbocycles. The molecule has 2 atom stereocenters. The van der Waals surface area contributed by atoms with Crippen molar-refractivity contribution in [1.82, 2.24) is 14.8 Å². The van der Waals surface area contributed by atoms with E-state index in [1.165, 1.54) is 6.08 Å². The lowest BCUT2D eigenvalue weighted by atomic mass is 9.83. The molecular formula is C22H23N3O3S.